The standard InChI is InChI=1S/C10H13F3N4O/c1-6-7(10(11,12)13)15-9(16-8(6)18)17-4-2-14-3-5-17/h14H,2-5H2,1H3,(H,15,16,18). The van der Waals surface area contributed by atoms with E-state index in [2.05, 4.69) is 15.3 Å². The van der Waals surface area contributed by atoms with E-state index < -0.39 is 23.0 Å². The molecule has 1 fully saturated rings. The molecule has 0 atom stereocenters. The number of piperazine rings is 1. The lowest BCUT2D eigenvalue weighted by Gasteiger charge is -2.28. The molecule has 0 saturated carbocycles. The largest absolute Gasteiger partial charge is 0.433 e. The van der Waals surface area contributed by atoms with E-state index in [0.717, 1.165) is 6.92 Å². The molecule has 0 unspecified atom stereocenters. The SMILES string of the molecule is Cc1c(C(F)(F)F)nc(N2CCNCC2)[nH]c1=O. The van der Waals surface area contributed by atoms with Crippen LogP contribution >= 0.6 is 0 Å². The quantitative estimate of drug-likeness (QED) is 0.774. The van der Waals surface area contributed by atoms with E-state index in [1.54, 1.807) is 4.90 Å². The highest BCUT2D eigenvalue weighted by atomic mass is 19.4. The van der Waals surface area contributed by atoms with Gasteiger partial charge in [0.15, 0.2) is 5.69 Å². The summed E-state index contributed by atoms with van der Waals surface area (Å²) in [4.78, 5) is 19.1. The first kappa shape index (κ1) is 12.9. The molecule has 2 rings (SSSR count). The predicted octanol–water partition coefficient (Wildman–Crippen LogP) is 0.507. The minimum Gasteiger partial charge on any atom is -0.340 e. The zero-order valence-electron chi connectivity index (χ0n) is 9.76. The van der Waals surface area contributed by atoms with Crippen LogP contribution in [0.5, 0.6) is 0 Å². The maximum absolute atomic E-state index is 12.7. The van der Waals surface area contributed by atoms with Gasteiger partial charge in [0.25, 0.3) is 5.56 Å². The van der Waals surface area contributed by atoms with E-state index in [1.807, 2.05) is 0 Å². The minimum atomic E-state index is -4.61. The third kappa shape index (κ3) is 2.47. The molecule has 0 aromatic carbocycles. The number of alkyl halides is 3. The molecule has 100 valence electrons. The molecule has 18 heavy (non-hydrogen) atoms. The molecule has 5 nitrogen and oxygen atoms in total. The second-order valence-electron chi connectivity index (χ2n) is 4.10. The van der Waals surface area contributed by atoms with Crippen molar-refractivity contribution >= 4 is 5.95 Å². The summed E-state index contributed by atoms with van der Waals surface area (Å²) in [5.74, 6) is -0.0144. The van der Waals surface area contributed by atoms with Crippen LogP contribution in [-0.4, -0.2) is 36.1 Å². The molecule has 0 aliphatic carbocycles. The third-order valence-electron chi connectivity index (χ3n) is 2.82. The minimum absolute atomic E-state index is 0.0144. The van der Waals surface area contributed by atoms with Crippen molar-refractivity contribution in [2.24, 2.45) is 0 Å². The van der Waals surface area contributed by atoms with Crippen molar-refractivity contribution in [1.82, 2.24) is 15.3 Å². The van der Waals surface area contributed by atoms with E-state index in [-0.39, 0.29) is 5.95 Å². The van der Waals surface area contributed by atoms with E-state index in [4.69, 9.17) is 0 Å². The monoisotopic (exact) mass is 262 g/mol. The average Bonchev–Trinajstić information content (AvgIpc) is 2.32. The van der Waals surface area contributed by atoms with Gasteiger partial charge in [-0.1, -0.05) is 0 Å². The number of nitrogens with zero attached hydrogens (tertiary/aromatic N) is 2. The Balaban J connectivity index is 2.44. The highest BCUT2D eigenvalue weighted by Crippen LogP contribution is 2.29. The summed E-state index contributed by atoms with van der Waals surface area (Å²) >= 11 is 0. The molecule has 2 N–H and O–H groups in total. The van der Waals surface area contributed by atoms with Crippen LogP contribution in [0.15, 0.2) is 4.79 Å². The van der Waals surface area contributed by atoms with Crippen LogP contribution in [0.2, 0.25) is 0 Å². The summed E-state index contributed by atoms with van der Waals surface area (Å²) in [7, 11) is 0. The van der Waals surface area contributed by atoms with E-state index >= 15 is 0 Å². The number of aromatic nitrogens is 2. The van der Waals surface area contributed by atoms with Gasteiger partial charge >= 0.3 is 6.18 Å². The Hall–Kier alpha value is -1.57. The third-order valence-corrected chi connectivity index (χ3v) is 2.82. The van der Waals surface area contributed by atoms with Crippen LogP contribution < -0.4 is 15.8 Å². The number of aromatic amines is 1. The lowest BCUT2D eigenvalue weighted by atomic mass is 10.2. The van der Waals surface area contributed by atoms with Gasteiger partial charge in [-0.25, -0.2) is 4.98 Å². The van der Waals surface area contributed by atoms with E-state index in [1.165, 1.54) is 0 Å². The average molecular weight is 262 g/mol. The summed E-state index contributed by atoms with van der Waals surface area (Å²) < 4.78 is 38.2. The van der Waals surface area contributed by atoms with Gasteiger partial charge in [-0.05, 0) is 6.92 Å². The predicted molar refractivity (Wildman–Crippen MR) is 59.7 cm³/mol. The highest BCUT2D eigenvalue weighted by Gasteiger charge is 2.36. The first-order chi connectivity index (χ1) is 8.39. The zero-order valence-corrected chi connectivity index (χ0v) is 9.76. The number of anilines is 1. The van der Waals surface area contributed by atoms with Crippen molar-refractivity contribution in [3.63, 3.8) is 0 Å². The summed E-state index contributed by atoms with van der Waals surface area (Å²) in [6.07, 6.45) is -4.61. The van der Waals surface area contributed by atoms with Gasteiger partial charge in [0, 0.05) is 31.7 Å². The van der Waals surface area contributed by atoms with Gasteiger partial charge in [0.1, 0.15) is 0 Å². The summed E-state index contributed by atoms with van der Waals surface area (Å²) in [6, 6.07) is 0. The van der Waals surface area contributed by atoms with Gasteiger partial charge < -0.3 is 10.2 Å². The molecule has 1 aromatic heterocycles. The molecule has 1 aliphatic heterocycles. The second-order valence-corrected chi connectivity index (χ2v) is 4.10. The van der Waals surface area contributed by atoms with Gasteiger partial charge in [-0.2, -0.15) is 13.2 Å². The van der Waals surface area contributed by atoms with Crippen LogP contribution in [0, 0.1) is 6.92 Å². The molecule has 1 aliphatic rings. The molecular weight excluding hydrogens is 249 g/mol. The lowest BCUT2D eigenvalue weighted by molar-refractivity contribution is -0.141. The Morgan fingerprint density at radius 3 is 2.44 bits per heavy atom. The smallest absolute Gasteiger partial charge is 0.340 e. The summed E-state index contributed by atoms with van der Waals surface area (Å²) in [6.45, 7) is 3.46. The maximum atomic E-state index is 12.7. The molecule has 0 bridgehead atoms. The van der Waals surface area contributed by atoms with Gasteiger partial charge in [0.2, 0.25) is 5.95 Å². The van der Waals surface area contributed by atoms with Crippen molar-refractivity contribution < 1.29 is 13.2 Å². The molecular formula is C10H13F3N4O. The number of hydrogen-bond donors (Lipinski definition) is 2. The Bertz CT molecular complexity index is 491. The first-order valence-electron chi connectivity index (χ1n) is 5.53. The fourth-order valence-electron chi connectivity index (χ4n) is 1.82. The van der Waals surface area contributed by atoms with Crippen LogP contribution in [0.3, 0.4) is 0 Å². The first-order valence-corrected chi connectivity index (χ1v) is 5.53. The Morgan fingerprint density at radius 2 is 1.89 bits per heavy atom. The second kappa shape index (κ2) is 4.60. The van der Waals surface area contributed by atoms with Gasteiger partial charge in [0.05, 0.1) is 0 Å². The van der Waals surface area contributed by atoms with Crippen molar-refractivity contribution in [2.45, 2.75) is 13.1 Å². The molecule has 1 saturated heterocycles. The lowest BCUT2D eigenvalue weighted by Crippen LogP contribution is -2.45. The molecule has 8 heteroatoms. The molecule has 0 spiro atoms. The number of H-pyrrole nitrogens is 1. The molecule has 0 amide bonds. The summed E-state index contributed by atoms with van der Waals surface area (Å²) in [5.41, 5.74) is -2.26. The fraction of sp³-hybridized carbons (Fsp3) is 0.600. The summed E-state index contributed by atoms with van der Waals surface area (Å²) in [5, 5.41) is 3.07. The molecule has 1 aromatic rings. The van der Waals surface area contributed by atoms with Crippen molar-refractivity contribution in [1.29, 1.82) is 0 Å². The Labute approximate surface area is 101 Å². The Kier molecular flexibility index (Phi) is 3.29. The number of hydrogen-bond acceptors (Lipinski definition) is 4. The number of rotatable bonds is 1. The number of halogens is 3. The maximum Gasteiger partial charge on any atom is 0.433 e. The van der Waals surface area contributed by atoms with Crippen LogP contribution in [0.25, 0.3) is 0 Å². The zero-order chi connectivity index (χ0) is 13.3. The number of nitrogens with one attached hydrogen (secondary N) is 2. The molecule has 2 heterocycles. The van der Waals surface area contributed by atoms with Gasteiger partial charge in [-0.3, -0.25) is 9.78 Å². The highest BCUT2D eigenvalue weighted by molar-refractivity contribution is 5.34. The van der Waals surface area contributed by atoms with Crippen molar-refractivity contribution in [3.05, 3.63) is 21.6 Å². The Morgan fingerprint density at radius 1 is 1.28 bits per heavy atom. The van der Waals surface area contributed by atoms with Crippen LogP contribution in [0.1, 0.15) is 11.3 Å². The topological polar surface area (TPSA) is 61.0 Å². The van der Waals surface area contributed by atoms with Crippen molar-refractivity contribution in [2.75, 3.05) is 31.1 Å². The van der Waals surface area contributed by atoms with Crippen molar-refractivity contribution in [3.8, 4) is 0 Å². The fourth-order valence-corrected chi connectivity index (χ4v) is 1.82. The van der Waals surface area contributed by atoms with E-state index in [9.17, 15) is 18.0 Å². The van der Waals surface area contributed by atoms with Crippen LogP contribution in [-0.2, 0) is 6.18 Å². The normalized spacial score (nSPS) is 17.0. The molecule has 0 radical (unpaired) electrons. The van der Waals surface area contributed by atoms with Crippen LogP contribution in [0.4, 0.5) is 19.1 Å². The van der Waals surface area contributed by atoms with Gasteiger partial charge in [-0.15, -0.1) is 0 Å². The van der Waals surface area contributed by atoms with E-state index in [0.29, 0.717) is 26.2 Å².